The van der Waals surface area contributed by atoms with Gasteiger partial charge in [0.25, 0.3) is 15.9 Å². The van der Waals surface area contributed by atoms with Crippen molar-refractivity contribution in [3.63, 3.8) is 0 Å². The lowest BCUT2D eigenvalue weighted by molar-refractivity contribution is -0.119. The minimum Gasteiger partial charge on any atom is -0.495 e. The molecule has 0 aliphatic heterocycles. The fourth-order valence-electron chi connectivity index (χ4n) is 4.60. The zero-order valence-corrected chi connectivity index (χ0v) is 21.6. The topological polar surface area (TPSA) is 88.1 Å². The van der Waals surface area contributed by atoms with Crippen LogP contribution in [0.15, 0.2) is 88.9 Å². The van der Waals surface area contributed by atoms with E-state index >= 15 is 0 Å². The summed E-state index contributed by atoms with van der Waals surface area (Å²) in [5.41, 5.74) is 6.10. The number of sulfonamides is 1. The predicted octanol–water partition coefficient (Wildman–Crippen LogP) is 4.95. The van der Waals surface area contributed by atoms with Gasteiger partial charge in [0.2, 0.25) is 0 Å². The van der Waals surface area contributed by atoms with E-state index < -0.39 is 22.5 Å². The summed E-state index contributed by atoms with van der Waals surface area (Å²) in [4.78, 5) is 13.0. The first-order chi connectivity index (χ1) is 17.9. The molecule has 0 radical (unpaired) electrons. The number of rotatable bonds is 8. The largest absolute Gasteiger partial charge is 0.495 e. The molecule has 1 amide bonds. The van der Waals surface area contributed by atoms with Crippen LogP contribution in [0.2, 0.25) is 5.02 Å². The number of hydrogen-bond acceptors (Lipinski definition) is 5. The molecule has 0 atom stereocenters. The number of hydrazone groups is 1. The van der Waals surface area contributed by atoms with Gasteiger partial charge in [-0.15, -0.1) is 0 Å². The Morgan fingerprint density at radius 2 is 1.78 bits per heavy atom. The third-order valence-electron chi connectivity index (χ3n) is 6.33. The number of carbonyl (C=O) groups excluding carboxylic acids is 1. The van der Waals surface area contributed by atoms with E-state index in [-0.39, 0.29) is 16.3 Å². The normalized spacial score (nSPS) is 12.7. The van der Waals surface area contributed by atoms with Crippen LogP contribution >= 0.6 is 11.6 Å². The zero-order valence-electron chi connectivity index (χ0n) is 20.0. The fraction of sp³-hybridized carbons (Fsp3) is 0.143. The van der Waals surface area contributed by atoms with Crippen LogP contribution in [0.3, 0.4) is 0 Å². The van der Waals surface area contributed by atoms with Gasteiger partial charge in [-0.1, -0.05) is 60.1 Å². The molecule has 0 saturated carbocycles. The summed E-state index contributed by atoms with van der Waals surface area (Å²) in [6.07, 6.45) is 3.61. The smallest absolute Gasteiger partial charge is 0.264 e. The molecule has 0 bridgehead atoms. The molecular formula is C28H24ClN3O4S. The molecule has 0 aromatic heterocycles. The first-order valence-corrected chi connectivity index (χ1v) is 13.5. The van der Waals surface area contributed by atoms with Crippen molar-refractivity contribution in [2.24, 2.45) is 5.10 Å². The average molecular weight is 534 g/mol. The summed E-state index contributed by atoms with van der Waals surface area (Å²) >= 11 is 6.18. The monoisotopic (exact) mass is 533 g/mol. The molecule has 37 heavy (non-hydrogen) atoms. The first-order valence-electron chi connectivity index (χ1n) is 11.6. The number of benzene rings is 4. The van der Waals surface area contributed by atoms with Crippen molar-refractivity contribution in [2.75, 3.05) is 18.0 Å². The van der Waals surface area contributed by atoms with E-state index in [1.54, 1.807) is 36.5 Å². The minimum absolute atomic E-state index is 0.0289. The lowest BCUT2D eigenvalue weighted by Gasteiger charge is -2.25. The maximum absolute atomic E-state index is 13.6. The molecule has 1 N–H and O–H groups in total. The SMILES string of the molecule is COc1ccc(Cl)cc1N(CC(=O)N/N=C\c1ccc2c3c(cccc13)CC2)S(=O)(=O)c1ccccc1. The Morgan fingerprint density at radius 1 is 1.03 bits per heavy atom. The highest BCUT2D eigenvalue weighted by Gasteiger charge is 2.29. The van der Waals surface area contributed by atoms with Crippen LogP contribution in [0.1, 0.15) is 16.7 Å². The van der Waals surface area contributed by atoms with Gasteiger partial charge in [-0.05, 0) is 65.1 Å². The number of carbonyl (C=O) groups is 1. The summed E-state index contributed by atoms with van der Waals surface area (Å²) in [5, 5.41) is 6.74. The van der Waals surface area contributed by atoms with Crippen LogP contribution in [0.5, 0.6) is 5.75 Å². The maximum Gasteiger partial charge on any atom is 0.264 e. The van der Waals surface area contributed by atoms with E-state index in [1.807, 2.05) is 18.2 Å². The number of nitrogens with zero attached hydrogens (tertiary/aromatic N) is 2. The van der Waals surface area contributed by atoms with Crippen molar-refractivity contribution >= 4 is 50.2 Å². The predicted molar refractivity (Wildman–Crippen MR) is 146 cm³/mol. The van der Waals surface area contributed by atoms with E-state index in [0.717, 1.165) is 28.1 Å². The second kappa shape index (κ2) is 10.2. The fourth-order valence-corrected chi connectivity index (χ4v) is 6.21. The molecule has 1 aliphatic carbocycles. The standard InChI is InChI=1S/C28H24ClN3O4S/c1-36-26-15-14-22(29)16-25(26)32(37(34,35)23-7-3-2-4-8-23)18-27(33)31-30-17-21-13-12-20-11-10-19-6-5-9-24(21)28(19)20/h2-9,12-17H,10-11,18H2,1H3,(H,31,33)/b30-17-. The molecular weight excluding hydrogens is 510 g/mol. The van der Waals surface area contributed by atoms with Crippen LogP contribution in [0.4, 0.5) is 5.69 Å². The molecule has 0 heterocycles. The molecule has 1 aliphatic rings. The summed E-state index contributed by atoms with van der Waals surface area (Å²) < 4.78 is 33.5. The summed E-state index contributed by atoms with van der Waals surface area (Å²) in [6.45, 7) is -0.533. The first kappa shape index (κ1) is 24.8. The summed E-state index contributed by atoms with van der Waals surface area (Å²) in [7, 11) is -2.71. The Kier molecular flexibility index (Phi) is 6.86. The van der Waals surface area contributed by atoms with Gasteiger partial charge in [-0.25, -0.2) is 13.8 Å². The highest BCUT2D eigenvalue weighted by atomic mass is 35.5. The molecule has 7 nitrogen and oxygen atoms in total. The Hall–Kier alpha value is -3.88. The number of hydrogen-bond donors (Lipinski definition) is 1. The quantitative estimate of drug-likeness (QED) is 0.256. The van der Waals surface area contributed by atoms with Crippen LogP contribution in [0, 0.1) is 0 Å². The number of aryl methyl sites for hydroxylation is 2. The van der Waals surface area contributed by atoms with Crippen molar-refractivity contribution < 1.29 is 17.9 Å². The van der Waals surface area contributed by atoms with E-state index in [0.29, 0.717) is 5.02 Å². The van der Waals surface area contributed by atoms with Crippen molar-refractivity contribution in [3.05, 3.63) is 101 Å². The minimum atomic E-state index is -4.13. The van der Waals surface area contributed by atoms with E-state index in [4.69, 9.17) is 16.3 Å². The molecule has 5 rings (SSSR count). The van der Waals surface area contributed by atoms with Crippen molar-refractivity contribution in [1.82, 2.24) is 5.43 Å². The zero-order chi connectivity index (χ0) is 26.0. The van der Waals surface area contributed by atoms with Gasteiger partial charge in [-0.3, -0.25) is 9.10 Å². The van der Waals surface area contributed by atoms with Gasteiger partial charge in [0.15, 0.2) is 0 Å². The van der Waals surface area contributed by atoms with E-state index in [9.17, 15) is 13.2 Å². The highest BCUT2D eigenvalue weighted by Crippen LogP contribution is 2.35. The third-order valence-corrected chi connectivity index (χ3v) is 8.34. The number of nitrogens with one attached hydrogen (secondary N) is 1. The van der Waals surface area contributed by atoms with Crippen LogP contribution < -0.4 is 14.5 Å². The number of anilines is 1. The summed E-state index contributed by atoms with van der Waals surface area (Å²) in [6, 6.07) is 22.7. The van der Waals surface area contributed by atoms with E-state index in [2.05, 4.69) is 22.7 Å². The van der Waals surface area contributed by atoms with Gasteiger partial charge >= 0.3 is 0 Å². The maximum atomic E-state index is 13.6. The van der Waals surface area contributed by atoms with E-state index in [1.165, 1.54) is 41.8 Å². The Morgan fingerprint density at radius 3 is 2.54 bits per heavy atom. The van der Waals surface area contributed by atoms with Crippen molar-refractivity contribution in [1.29, 1.82) is 0 Å². The molecule has 0 unspecified atom stereocenters. The Balaban J connectivity index is 1.43. The van der Waals surface area contributed by atoms with Crippen molar-refractivity contribution in [3.8, 4) is 5.75 Å². The van der Waals surface area contributed by atoms with Crippen LogP contribution in [-0.4, -0.2) is 34.2 Å². The van der Waals surface area contributed by atoms with Gasteiger partial charge in [0, 0.05) is 10.6 Å². The third kappa shape index (κ3) is 4.90. The van der Waals surface area contributed by atoms with Gasteiger partial charge < -0.3 is 4.74 Å². The van der Waals surface area contributed by atoms with Gasteiger partial charge in [-0.2, -0.15) is 5.10 Å². The number of ether oxygens (including phenoxy) is 1. The van der Waals surface area contributed by atoms with Crippen molar-refractivity contribution in [2.45, 2.75) is 17.7 Å². The Bertz CT molecular complexity index is 1610. The highest BCUT2D eigenvalue weighted by molar-refractivity contribution is 7.92. The second-order valence-electron chi connectivity index (χ2n) is 8.59. The molecule has 9 heteroatoms. The molecule has 0 fully saturated rings. The number of halogens is 1. The molecule has 4 aromatic carbocycles. The number of methoxy groups -OCH3 is 1. The van der Waals surface area contributed by atoms with Gasteiger partial charge in [0.05, 0.1) is 23.9 Å². The van der Waals surface area contributed by atoms with Crippen LogP contribution in [-0.2, 0) is 27.7 Å². The average Bonchev–Trinajstić information content (AvgIpc) is 3.33. The van der Waals surface area contributed by atoms with Gasteiger partial charge in [0.1, 0.15) is 12.3 Å². The molecule has 188 valence electrons. The summed E-state index contributed by atoms with van der Waals surface area (Å²) in [5.74, 6) is -0.364. The second-order valence-corrected chi connectivity index (χ2v) is 10.9. The molecule has 0 spiro atoms. The molecule has 4 aromatic rings. The number of amides is 1. The Labute approximate surface area is 220 Å². The lowest BCUT2D eigenvalue weighted by atomic mass is 10.0. The molecule has 0 saturated heterocycles. The lowest BCUT2D eigenvalue weighted by Crippen LogP contribution is -2.39. The van der Waals surface area contributed by atoms with Crippen LogP contribution in [0.25, 0.3) is 10.8 Å².